The number of benzene rings is 1. The standard InChI is InChI=1S/C24H20Cl3N7O3S/c1-34(24-29-6-5-17(28)31-24)10-12-11-38-21(19(12)27)23(36)33-20-15(7-14(26)8-16(20)37-2)22(35)32-18-4-3-13(25)9-30-18/h3-9,11H,10H2,1-2H3,(H,33,36)(H2,28,29,31)(H,30,32,35). The molecule has 196 valence electrons. The van der Waals surface area contributed by atoms with Gasteiger partial charge in [0, 0.05) is 42.6 Å². The number of carbonyl (C=O) groups excluding carboxylic acids is 2. The van der Waals surface area contributed by atoms with Crippen molar-refractivity contribution in [1.29, 1.82) is 0 Å². The van der Waals surface area contributed by atoms with E-state index in [2.05, 4.69) is 25.6 Å². The Balaban J connectivity index is 1.58. The van der Waals surface area contributed by atoms with E-state index < -0.39 is 11.8 Å². The van der Waals surface area contributed by atoms with Crippen molar-refractivity contribution >= 4 is 81.2 Å². The Morgan fingerprint density at radius 2 is 1.87 bits per heavy atom. The predicted octanol–water partition coefficient (Wildman–Crippen LogP) is 5.63. The molecule has 3 aromatic heterocycles. The van der Waals surface area contributed by atoms with Gasteiger partial charge in [-0.05, 0) is 29.6 Å². The number of thiophene rings is 1. The summed E-state index contributed by atoms with van der Waals surface area (Å²) in [5, 5.41) is 8.06. The van der Waals surface area contributed by atoms with Gasteiger partial charge < -0.3 is 26.0 Å². The van der Waals surface area contributed by atoms with E-state index in [4.69, 9.17) is 45.3 Å². The van der Waals surface area contributed by atoms with E-state index in [1.807, 2.05) is 0 Å². The fraction of sp³-hybridized carbons (Fsp3) is 0.125. The van der Waals surface area contributed by atoms with Crippen LogP contribution >= 0.6 is 46.1 Å². The second kappa shape index (κ2) is 11.8. The Labute approximate surface area is 236 Å². The number of anilines is 4. The van der Waals surface area contributed by atoms with Gasteiger partial charge in [0.2, 0.25) is 5.95 Å². The van der Waals surface area contributed by atoms with Crippen LogP contribution in [0.5, 0.6) is 5.75 Å². The van der Waals surface area contributed by atoms with Gasteiger partial charge in [-0.15, -0.1) is 11.3 Å². The number of nitrogens with zero attached hydrogens (tertiary/aromatic N) is 4. The fourth-order valence-corrected chi connectivity index (χ4v) is 4.93. The van der Waals surface area contributed by atoms with Crippen molar-refractivity contribution < 1.29 is 14.3 Å². The van der Waals surface area contributed by atoms with Crippen molar-refractivity contribution in [2.75, 3.05) is 35.4 Å². The van der Waals surface area contributed by atoms with Gasteiger partial charge in [-0.2, -0.15) is 4.98 Å². The first-order valence-corrected chi connectivity index (χ1v) is 12.8. The summed E-state index contributed by atoms with van der Waals surface area (Å²) >= 11 is 19.8. The summed E-state index contributed by atoms with van der Waals surface area (Å²) in [5.41, 5.74) is 6.60. The maximum atomic E-state index is 13.3. The molecule has 0 aliphatic rings. The number of hydrogen-bond donors (Lipinski definition) is 3. The minimum absolute atomic E-state index is 0.0610. The molecule has 0 radical (unpaired) electrons. The number of nitrogens with two attached hydrogens (primary N) is 1. The highest BCUT2D eigenvalue weighted by Crippen LogP contribution is 2.35. The molecule has 0 aliphatic carbocycles. The van der Waals surface area contributed by atoms with Crippen LogP contribution in [0.2, 0.25) is 15.1 Å². The van der Waals surface area contributed by atoms with Crippen LogP contribution in [0, 0.1) is 0 Å². The summed E-state index contributed by atoms with van der Waals surface area (Å²) in [6.45, 7) is 0.331. The van der Waals surface area contributed by atoms with E-state index in [1.54, 1.807) is 41.7 Å². The molecule has 4 N–H and O–H groups in total. The number of nitrogens with one attached hydrogen (secondary N) is 2. The largest absolute Gasteiger partial charge is 0.494 e. The van der Waals surface area contributed by atoms with Gasteiger partial charge in [0.15, 0.2) is 0 Å². The van der Waals surface area contributed by atoms with E-state index in [1.165, 1.54) is 25.4 Å². The first kappa shape index (κ1) is 27.4. The van der Waals surface area contributed by atoms with Gasteiger partial charge in [0.25, 0.3) is 11.8 Å². The SMILES string of the molecule is COc1cc(Cl)cc(C(=O)Nc2ccc(Cl)cn2)c1NC(=O)c1scc(CN(C)c2nccc(N)n2)c1Cl. The molecule has 0 fully saturated rings. The summed E-state index contributed by atoms with van der Waals surface area (Å²) in [4.78, 5) is 40.8. The van der Waals surface area contributed by atoms with Crippen LogP contribution in [0.1, 0.15) is 25.6 Å². The molecule has 3 heterocycles. The van der Waals surface area contributed by atoms with E-state index in [9.17, 15) is 9.59 Å². The number of pyridine rings is 1. The minimum Gasteiger partial charge on any atom is -0.494 e. The molecule has 0 saturated carbocycles. The van der Waals surface area contributed by atoms with Crippen molar-refractivity contribution in [3.63, 3.8) is 0 Å². The lowest BCUT2D eigenvalue weighted by Gasteiger charge is -2.17. The molecule has 2 amide bonds. The number of carbonyl (C=O) groups is 2. The first-order chi connectivity index (χ1) is 18.2. The molecule has 0 unspecified atom stereocenters. The second-order valence-corrected chi connectivity index (χ2v) is 9.97. The summed E-state index contributed by atoms with van der Waals surface area (Å²) in [7, 11) is 3.18. The third-order valence-corrected chi connectivity index (χ3v) is 7.17. The number of aromatic nitrogens is 3. The Bertz CT molecular complexity index is 1500. The van der Waals surface area contributed by atoms with Crippen molar-refractivity contribution in [3.8, 4) is 5.75 Å². The summed E-state index contributed by atoms with van der Waals surface area (Å²) in [6, 6.07) is 7.60. The number of hydrogen-bond acceptors (Lipinski definition) is 9. The Morgan fingerprint density at radius 3 is 2.55 bits per heavy atom. The zero-order valence-electron chi connectivity index (χ0n) is 20.0. The van der Waals surface area contributed by atoms with E-state index in [-0.39, 0.29) is 37.7 Å². The van der Waals surface area contributed by atoms with Crippen LogP contribution in [0.4, 0.5) is 23.3 Å². The molecule has 1 aromatic carbocycles. The number of nitrogen functional groups attached to an aromatic ring is 1. The number of rotatable bonds is 8. The average Bonchev–Trinajstić information content (AvgIpc) is 3.25. The van der Waals surface area contributed by atoms with Crippen LogP contribution in [0.3, 0.4) is 0 Å². The maximum Gasteiger partial charge on any atom is 0.267 e. The van der Waals surface area contributed by atoms with E-state index >= 15 is 0 Å². The molecular formula is C24H20Cl3N7O3S. The van der Waals surface area contributed by atoms with Gasteiger partial charge in [0.1, 0.15) is 22.3 Å². The molecule has 0 spiro atoms. The number of methoxy groups -OCH3 is 1. The predicted molar refractivity (Wildman–Crippen MR) is 151 cm³/mol. The molecule has 0 bridgehead atoms. The van der Waals surface area contributed by atoms with Crippen LogP contribution in [-0.2, 0) is 6.54 Å². The number of amides is 2. The normalized spacial score (nSPS) is 10.7. The second-order valence-electron chi connectivity index (χ2n) is 7.84. The van der Waals surface area contributed by atoms with Crippen molar-refractivity contribution in [1.82, 2.24) is 15.0 Å². The van der Waals surface area contributed by atoms with E-state index in [0.717, 1.165) is 11.3 Å². The molecule has 4 rings (SSSR count). The molecule has 4 aromatic rings. The minimum atomic E-state index is -0.572. The van der Waals surface area contributed by atoms with Gasteiger partial charge >= 0.3 is 0 Å². The molecule has 38 heavy (non-hydrogen) atoms. The first-order valence-electron chi connectivity index (χ1n) is 10.8. The van der Waals surface area contributed by atoms with Gasteiger partial charge in [-0.25, -0.2) is 9.97 Å². The topological polar surface area (TPSA) is 135 Å². The molecular weight excluding hydrogens is 573 g/mol. The zero-order chi connectivity index (χ0) is 27.4. The lowest BCUT2D eigenvalue weighted by molar-refractivity contribution is 0.102. The highest BCUT2D eigenvalue weighted by atomic mass is 35.5. The van der Waals surface area contributed by atoms with Gasteiger partial charge in [0.05, 0.1) is 28.4 Å². The maximum absolute atomic E-state index is 13.3. The third-order valence-electron chi connectivity index (χ3n) is 5.16. The summed E-state index contributed by atoms with van der Waals surface area (Å²) < 4.78 is 5.39. The molecule has 10 nitrogen and oxygen atoms in total. The summed E-state index contributed by atoms with van der Waals surface area (Å²) in [5.74, 6) is 0.0873. The highest BCUT2D eigenvalue weighted by Gasteiger charge is 2.24. The molecule has 14 heteroatoms. The van der Waals surface area contributed by atoms with Crippen molar-refractivity contribution in [2.24, 2.45) is 0 Å². The lowest BCUT2D eigenvalue weighted by atomic mass is 10.1. The molecule has 0 atom stereocenters. The van der Waals surface area contributed by atoms with Crippen LogP contribution < -0.4 is 26.0 Å². The monoisotopic (exact) mass is 591 g/mol. The quantitative estimate of drug-likeness (QED) is 0.240. The van der Waals surface area contributed by atoms with E-state index in [0.29, 0.717) is 28.9 Å². The molecule has 0 aliphatic heterocycles. The van der Waals surface area contributed by atoms with Crippen LogP contribution in [-0.4, -0.2) is 40.9 Å². The number of halogens is 3. The van der Waals surface area contributed by atoms with Crippen molar-refractivity contribution in [3.05, 3.63) is 79.2 Å². The Morgan fingerprint density at radius 1 is 1.08 bits per heavy atom. The fourth-order valence-electron chi connectivity index (χ4n) is 3.37. The lowest BCUT2D eigenvalue weighted by Crippen LogP contribution is -2.20. The molecule has 0 saturated heterocycles. The van der Waals surface area contributed by atoms with Gasteiger partial charge in [-0.3, -0.25) is 9.59 Å². The summed E-state index contributed by atoms with van der Waals surface area (Å²) in [6.07, 6.45) is 2.95. The number of ether oxygens (including phenoxy) is 1. The zero-order valence-corrected chi connectivity index (χ0v) is 23.0. The smallest absolute Gasteiger partial charge is 0.267 e. The Hall–Kier alpha value is -3.64. The van der Waals surface area contributed by atoms with Crippen LogP contribution in [0.15, 0.2) is 48.1 Å². The van der Waals surface area contributed by atoms with Gasteiger partial charge in [-0.1, -0.05) is 34.8 Å². The average molecular weight is 593 g/mol. The third kappa shape index (κ3) is 6.25. The van der Waals surface area contributed by atoms with Crippen molar-refractivity contribution in [2.45, 2.75) is 6.54 Å². The Kier molecular flexibility index (Phi) is 8.52. The van der Waals surface area contributed by atoms with Crippen LogP contribution in [0.25, 0.3) is 0 Å². The highest BCUT2D eigenvalue weighted by molar-refractivity contribution is 7.13.